The van der Waals surface area contributed by atoms with Gasteiger partial charge in [0.15, 0.2) is 11.5 Å². The lowest BCUT2D eigenvalue weighted by Crippen LogP contribution is -1.96. The third-order valence-corrected chi connectivity index (χ3v) is 2.73. The molecule has 0 aliphatic heterocycles. The molecule has 0 unspecified atom stereocenters. The van der Waals surface area contributed by atoms with Crippen LogP contribution in [0.1, 0.15) is 16.2 Å². The van der Waals surface area contributed by atoms with Gasteiger partial charge in [0, 0.05) is 17.6 Å². The summed E-state index contributed by atoms with van der Waals surface area (Å²) in [5.74, 6) is -0.121. The molecule has 0 bridgehead atoms. The van der Waals surface area contributed by atoms with Crippen molar-refractivity contribution in [2.24, 2.45) is 0 Å². The van der Waals surface area contributed by atoms with Crippen molar-refractivity contribution in [2.75, 3.05) is 0 Å². The van der Waals surface area contributed by atoms with Crippen LogP contribution >= 0.6 is 0 Å². The van der Waals surface area contributed by atoms with Crippen molar-refractivity contribution in [3.8, 4) is 5.75 Å². The van der Waals surface area contributed by atoms with Gasteiger partial charge in [-0.1, -0.05) is 11.2 Å². The first-order chi connectivity index (χ1) is 9.72. The number of ether oxygens (including phenoxy) is 1. The Labute approximate surface area is 113 Å². The van der Waals surface area contributed by atoms with Crippen molar-refractivity contribution in [1.82, 2.24) is 10.1 Å². The molecule has 0 fully saturated rings. The van der Waals surface area contributed by atoms with Gasteiger partial charge in [0.1, 0.15) is 12.4 Å². The Bertz CT molecular complexity index is 766. The Kier molecular flexibility index (Phi) is 3.04. The van der Waals surface area contributed by atoms with E-state index in [1.807, 2.05) is 24.3 Å². The number of carboxylic acid groups (broad SMARTS) is 1. The molecule has 6 nitrogen and oxygen atoms in total. The topological polar surface area (TPSA) is 85.5 Å². The number of aromatic carboxylic acids is 1. The van der Waals surface area contributed by atoms with Gasteiger partial charge in [0.05, 0.1) is 5.52 Å². The first kappa shape index (κ1) is 12.2. The van der Waals surface area contributed by atoms with Crippen molar-refractivity contribution in [1.29, 1.82) is 0 Å². The quantitative estimate of drug-likeness (QED) is 0.783. The summed E-state index contributed by atoms with van der Waals surface area (Å²) < 4.78 is 10.4. The molecule has 2 aromatic heterocycles. The third-order valence-electron chi connectivity index (χ3n) is 2.73. The predicted molar refractivity (Wildman–Crippen MR) is 69.5 cm³/mol. The summed E-state index contributed by atoms with van der Waals surface area (Å²) in [6, 6.07) is 10.6. The van der Waals surface area contributed by atoms with Crippen molar-refractivity contribution in [3.05, 3.63) is 54.0 Å². The van der Waals surface area contributed by atoms with E-state index < -0.39 is 5.97 Å². The summed E-state index contributed by atoms with van der Waals surface area (Å²) in [6.45, 7) is 0.117. The molecule has 20 heavy (non-hydrogen) atoms. The second-order valence-corrected chi connectivity index (χ2v) is 4.13. The maximum Gasteiger partial charge on any atom is 0.358 e. The van der Waals surface area contributed by atoms with Gasteiger partial charge < -0.3 is 14.4 Å². The highest BCUT2D eigenvalue weighted by molar-refractivity contribution is 5.85. The van der Waals surface area contributed by atoms with Crippen LogP contribution in [-0.2, 0) is 6.61 Å². The van der Waals surface area contributed by atoms with E-state index in [1.54, 1.807) is 12.3 Å². The molecule has 1 N–H and O–H groups in total. The van der Waals surface area contributed by atoms with Crippen LogP contribution in [0.25, 0.3) is 10.9 Å². The monoisotopic (exact) mass is 270 g/mol. The Morgan fingerprint density at radius 2 is 2.20 bits per heavy atom. The summed E-state index contributed by atoms with van der Waals surface area (Å²) in [7, 11) is 0. The predicted octanol–water partition coefficient (Wildman–Crippen LogP) is 2.50. The number of fused-ring (bicyclic) bond motifs is 1. The fourth-order valence-corrected chi connectivity index (χ4v) is 1.78. The van der Waals surface area contributed by atoms with Crippen LogP contribution in [0.5, 0.6) is 5.75 Å². The molecule has 0 radical (unpaired) electrons. The summed E-state index contributed by atoms with van der Waals surface area (Å²) in [6.07, 6.45) is 1.73. The summed E-state index contributed by atoms with van der Waals surface area (Å²) in [4.78, 5) is 14.9. The van der Waals surface area contributed by atoms with Crippen molar-refractivity contribution < 1.29 is 19.2 Å². The zero-order chi connectivity index (χ0) is 13.9. The molecule has 2 heterocycles. The van der Waals surface area contributed by atoms with Gasteiger partial charge in [-0.05, 0) is 24.3 Å². The normalized spacial score (nSPS) is 10.6. The van der Waals surface area contributed by atoms with Crippen LogP contribution in [0.15, 0.2) is 47.1 Å². The third kappa shape index (κ3) is 2.44. The molecule has 6 heteroatoms. The number of carbonyl (C=O) groups is 1. The lowest BCUT2D eigenvalue weighted by atomic mass is 10.2. The lowest BCUT2D eigenvalue weighted by molar-refractivity contribution is 0.0685. The fourth-order valence-electron chi connectivity index (χ4n) is 1.78. The standard InChI is InChI=1S/C14H10N2O4/c17-14(18)13-7-11(20-16-13)8-19-10-3-4-12-9(6-10)2-1-5-15-12/h1-7H,8H2,(H,17,18). The summed E-state index contributed by atoms with van der Waals surface area (Å²) in [5, 5.41) is 13.1. The van der Waals surface area contributed by atoms with Gasteiger partial charge in [0.25, 0.3) is 0 Å². The molecule has 0 spiro atoms. The van der Waals surface area contributed by atoms with Gasteiger partial charge in [0.2, 0.25) is 0 Å². The second-order valence-electron chi connectivity index (χ2n) is 4.13. The number of pyridine rings is 1. The van der Waals surface area contributed by atoms with Crippen LogP contribution < -0.4 is 4.74 Å². The molecule has 0 atom stereocenters. The van der Waals surface area contributed by atoms with E-state index in [4.69, 9.17) is 14.4 Å². The smallest absolute Gasteiger partial charge is 0.358 e. The van der Waals surface area contributed by atoms with E-state index in [0.717, 1.165) is 10.9 Å². The molecule has 0 saturated carbocycles. The number of rotatable bonds is 4. The van der Waals surface area contributed by atoms with Crippen LogP contribution in [-0.4, -0.2) is 21.2 Å². The van der Waals surface area contributed by atoms with Crippen molar-refractivity contribution in [2.45, 2.75) is 6.61 Å². The SMILES string of the molecule is O=C(O)c1cc(COc2ccc3ncccc3c2)on1. The van der Waals surface area contributed by atoms with Gasteiger partial charge >= 0.3 is 5.97 Å². The number of hydrogen-bond donors (Lipinski definition) is 1. The first-order valence-corrected chi connectivity index (χ1v) is 5.89. The molecule has 3 rings (SSSR count). The van der Waals surface area contributed by atoms with Gasteiger partial charge in [-0.15, -0.1) is 0 Å². The number of nitrogens with zero attached hydrogens (tertiary/aromatic N) is 2. The molecular weight excluding hydrogens is 260 g/mol. The van der Waals surface area contributed by atoms with Gasteiger partial charge in [-0.3, -0.25) is 4.98 Å². The molecule has 0 amide bonds. The van der Waals surface area contributed by atoms with Gasteiger partial charge in [-0.2, -0.15) is 0 Å². The van der Waals surface area contributed by atoms with E-state index in [1.165, 1.54) is 6.07 Å². The lowest BCUT2D eigenvalue weighted by Gasteiger charge is -2.04. The summed E-state index contributed by atoms with van der Waals surface area (Å²) in [5.41, 5.74) is 0.749. The molecule has 100 valence electrons. The number of hydrogen-bond acceptors (Lipinski definition) is 5. The summed E-state index contributed by atoms with van der Waals surface area (Å²) >= 11 is 0. The molecule has 0 aliphatic carbocycles. The second kappa shape index (κ2) is 5.00. The highest BCUT2D eigenvalue weighted by Crippen LogP contribution is 2.20. The molecule has 0 aliphatic rings. The zero-order valence-corrected chi connectivity index (χ0v) is 10.3. The van der Waals surface area contributed by atoms with E-state index >= 15 is 0 Å². The van der Waals surface area contributed by atoms with Crippen LogP contribution in [0.4, 0.5) is 0 Å². The maximum absolute atomic E-state index is 10.7. The largest absolute Gasteiger partial charge is 0.486 e. The van der Waals surface area contributed by atoms with Crippen molar-refractivity contribution in [3.63, 3.8) is 0 Å². The average Bonchev–Trinajstić information content (AvgIpc) is 2.94. The van der Waals surface area contributed by atoms with Gasteiger partial charge in [-0.25, -0.2) is 4.79 Å². The average molecular weight is 270 g/mol. The maximum atomic E-state index is 10.7. The fraction of sp³-hybridized carbons (Fsp3) is 0.0714. The number of carboxylic acids is 1. The number of benzene rings is 1. The zero-order valence-electron chi connectivity index (χ0n) is 10.3. The Morgan fingerprint density at radius 3 is 3.00 bits per heavy atom. The minimum absolute atomic E-state index is 0.117. The van der Waals surface area contributed by atoms with E-state index in [0.29, 0.717) is 11.5 Å². The molecule has 3 aromatic rings. The Morgan fingerprint density at radius 1 is 1.30 bits per heavy atom. The molecular formula is C14H10N2O4. The van der Waals surface area contributed by atoms with E-state index in [9.17, 15) is 4.79 Å². The van der Waals surface area contributed by atoms with Crippen molar-refractivity contribution >= 4 is 16.9 Å². The van der Waals surface area contributed by atoms with Crippen LogP contribution in [0, 0.1) is 0 Å². The molecule has 1 aromatic carbocycles. The van der Waals surface area contributed by atoms with E-state index in [2.05, 4.69) is 10.1 Å². The van der Waals surface area contributed by atoms with Crippen LogP contribution in [0.3, 0.4) is 0 Å². The number of aromatic nitrogens is 2. The minimum atomic E-state index is -1.13. The highest BCUT2D eigenvalue weighted by atomic mass is 16.5. The van der Waals surface area contributed by atoms with Crippen LogP contribution in [0.2, 0.25) is 0 Å². The minimum Gasteiger partial charge on any atom is -0.486 e. The molecule has 0 saturated heterocycles. The Hall–Kier alpha value is -2.89. The highest BCUT2D eigenvalue weighted by Gasteiger charge is 2.11. The van der Waals surface area contributed by atoms with E-state index in [-0.39, 0.29) is 12.3 Å². The first-order valence-electron chi connectivity index (χ1n) is 5.89. The Balaban J connectivity index is 1.74.